The van der Waals surface area contributed by atoms with Crippen molar-refractivity contribution in [2.24, 2.45) is 0 Å². The first-order chi connectivity index (χ1) is 7.72. The van der Waals surface area contributed by atoms with E-state index in [1.54, 1.807) is 0 Å². The molecule has 0 atom stereocenters. The molecule has 2 rings (SSSR count). The molecule has 0 bridgehead atoms. The van der Waals surface area contributed by atoms with Crippen LogP contribution in [0.2, 0.25) is 5.02 Å². The monoisotopic (exact) mass is 348 g/mol. The Labute approximate surface area is 112 Å². The highest BCUT2D eigenvalue weighted by Gasteiger charge is 2.11. The normalized spacial score (nSPS) is 10.7. The highest BCUT2D eigenvalue weighted by Crippen LogP contribution is 2.28. The zero-order valence-corrected chi connectivity index (χ0v) is 11.5. The molecule has 3 nitrogen and oxygen atoms in total. The van der Waals surface area contributed by atoms with E-state index in [1.165, 1.54) is 6.39 Å². The van der Waals surface area contributed by atoms with Crippen LogP contribution in [-0.2, 0) is 6.54 Å². The number of hydrogen-bond donors (Lipinski definition) is 1. The Morgan fingerprint density at radius 2 is 2.31 bits per heavy atom. The Morgan fingerprint density at radius 1 is 1.50 bits per heavy atom. The third kappa shape index (κ3) is 2.39. The summed E-state index contributed by atoms with van der Waals surface area (Å²) in [6.45, 7) is 0.676. The van der Waals surface area contributed by atoms with Gasteiger partial charge in [-0.25, -0.2) is 4.98 Å². The minimum atomic E-state index is 0.676. The minimum absolute atomic E-state index is 0.676. The van der Waals surface area contributed by atoms with Crippen LogP contribution in [-0.4, -0.2) is 12.0 Å². The predicted octanol–water partition coefficient (Wildman–Crippen LogP) is 3.32. The van der Waals surface area contributed by atoms with Gasteiger partial charge in [-0.05, 0) is 41.8 Å². The molecular formula is C11H10ClIN2O. The van der Waals surface area contributed by atoms with E-state index in [0.717, 1.165) is 25.6 Å². The van der Waals surface area contributed by atoms with Crippen molar-refractivity contribution in [1.29, 1.82) is 0 Å². The molecule has 0 fully saturated rings. The number of nitrogens with one attached hydrogen (secondary N) is 1. The summed E-state index contributed by atoms with van der Waals surface area (Å²) in [4.78, 5) is 4.16. The maximum Gasteiger partial charge on any atom is 0.181 e. The van der Waals surface area contributed by atoms with Gasteiger partial charge in [-0.3, -0.25) is 0 Å². The minimum Gasteiger partial charge on any atom is -0.443 e. The topological polar surface area (TPSA) is 38.1 Å². The van der Waals surface area contributed by atoms with Crippen molar-refractivity contribution in [3.8, 4) is 11.3 Å². The second-order valence-electron chi connectivity index (χ2n) is 3.29. The fraction of sp³-hybridized carbons (Fsp3) is 0.182. The molecule has 0 amide bonds. The lowest BCUT2D eigenvalue weighted by Crippen LogP contribution is -2.06. The van der Waals surface area contributed by atoms with Gasteiger partial charge in [0.05, 0.1) is 5.02 Å². The second-order valence-corrected chi connectivity index (χ2v) is 4.86. The van der Waals surface area contributed by atoms with E-state index in [9.17, 15) is 0 Å². The van der Waals surface area contributed by atoms with Crippen molar-refractivity contribution in [1.82, 2.24) is 10.3 Å². The first kappa shape index (κ1) is 11.9. The third-order valence-corrected chi connectivity index (χ3v) is 3.74. The van der Waals surface area contributed by atoms with Crippen molar-refractivity contribution in [2.75, 3.05) is 7.05 Å². The van der Waals surface area contributed by atoms with Crippen molar-refractivity contribution in [3.63, 3.8) is 0 Å². The predicted molar refractivity (Wildman–Crippen MR) is 72.4 cm³/mol. The Balaban J connectivity index is 2.42. The summed E-state index contributed by atoms with van der Waals surface area (Å²) in [6, 6.07) is 5.83. The molecule has 1 aromatic heterocycles. The van der Waals surface area contributed by atoms with E-state index >= 15 is 0 Å². The Bertz CT molecular complexity index is 498. The highest BCUT2D eigenvalue weighted by molar-refractivity contribution is 14.1. The molecule has 84 valence electrons. The number of rotatable bonds is 3. The van der Waals surface area contributed by atoms with E-state index < -0.39 is 0 Å². The Hall–Kier alpha value is -0.590. The lowest BCUT2D eigenvalue weighted by molar-refractivity contribution is 0.570. The van der Waals surface area contributed by atoms with Crippen molar-refractivity contribution in [3.05, 3.63) is 38.9 Å². The average molecular weight is 349 g/mol. The first-order valence-corrected chi connectivity index (χ1v) is 6.20. The zero-order chi connectivity index (χ0) is 11.5. The molecule has 0 unspecified atom stereocenters. The van der Waals surface area contributed by atoms with Crippen LogP contribution in [0.3, 0.4) is 0 Å². The molecule has 0 saturated heterocycles. The van der Waals surface area contributed by atoms with Gasteiger partial charge in [0.2, 0.25) is 0 Å². The molecular weight excluding hydrogens is 338 g/mol. The fourth-order valence-electron chi connectivity index (χ4n) is 1.43. The molecule has 1 aromatic carbocycles. The van der Waals surface area contributed by atoms with E-state index in [1.807, 2.05) is 25.2 Å². The van der Waals surface area contributed by atoms with Gasteiger partial charge in [0, 0.05) is 15.7 Å². The van der Waals surface area contributed by atoms with Gasteiger partial charge < -0.3 is 9.73 Å². The number of benzene rings is 1. The van der Waals surface area contributed by atoms with Crippen LogP contribution in [0.1, 0.15) is 5.69 Å². The van der Waals surface area contributed by atoms with Crippen LogP contribution in [0.25, 0.3) is 11.3 Å². The van der Waals surface area contributed by atoms with E-state index in [4.69, 9.17) is 16.0 Å². The molecule has 0 aliphatic heterocycles. The molecule has 0 spiro atoms. The van der Waals surface area contributed by atoms with Gasteiger partial charge in [0.25, 0.3) is 0 Å². The third-order valence-electron chi connectivity index (χ3n) is 2.17. The number of hydrogen-bond acceptors (Lipinski definition) is 3. The van der Waals surface area contributed by atoms with E-state index in [-0.39, 0.29) is 0 Å². The molecule has 0 aliphatic rings. The lowest BCUT2D eigenvalue weighted by Gasteiger charge is -2.02. The Kier molecular flexibility index (Phi) is 3.83. The number of halogens is 2. The summed E-state index contributed by atoms with van der Waals surface area (Å²) in [5.41, 5.74) is 1.84. The van der Waals surface area contributed by atoms with Gasteiger partial charge in [-0.2, -0.15) is 0 Å². The van der Waals surface area contributed by atoms with E-state index in [2.05, 4.69) is 32.9 Å². The molecule has 16 heavy (non-hydrogen) atoms. The zero-order valence-electron chi connectivity index (χ0n) is 8.63. The van der Waals surface area contributed by atoms with Crippen LogP contribution < -0.4 is 5.32 Å². The molecule has 0 aliphatic carbocycles. The van der Waals surface area contributed by atoms with Crippen LogP contribution in [0.15, 0.2) is 29.0 Å². The largest absolute Gasteiger partial charge is 0.443 e. The second kappa shape index (κ2) is 5.16. The van der Waals surface area contributed by atoms with Crippen LogP contribution in [0, 0.1) is 3.57 Å². The van der Waals surface area contributed by atoms with Crippen molar-refractivity contribution >= 4 is 34.2 Å². The quantitative estimate of drug-likeness (QED) is 0.865. The van der Waals surface area contributed by atoms with Crippen LogP contribution >= 0.6 is 34.2 Å². The highest BCUT2D eigenvalue weighted by atomic mass is 127. The van der Waals surface area contributed by atoms with E-state index in [0.29, 0.717) is 6.54 Å². The van der Waals surface area contributed by atoms with Crippen molar-refractivity contribution in [2.45, 2.75) is 6.54 Å². The molecule has 0 saturated carbocycles. The molecule has 5 heteroatoms. The maximum absolute atomic E-state index is 6.07. The van der Waals surface area contributed by atoms with Crippen LogP contribution in [0.4, 0.5) is 0 Å². The lowest BCUT2D eigenvalue weighted by atomic mass is 10.1. The van der Waals surface area contributed by atoms with Gasteiger partial charge in [0.15, 0.2) is 12.2 Å². The van der Waals surface area contributed by atoms with Crippen LogP contribution in [0.5, 0.6) is 0 Å². The molecule has 2 aromatic rings. The molecule has 1 N–H and O–H groups in total. The first-order valence-electron chi connectivity index (χ1n) is 4.74. The number of oxazole rings is 1. The standard InChI is InChI=1S/C11H10ClIN2O/c1-14-5-10-11(16-6-15-10)7-2-3-9(13)8(12)4-7/h2-4,6,14H,5H2,1H3. The van der Waals surface area contributed by atoms with Gasteiger partial charge in [-0.15, -0.1) is 0 Å². The van der Waals surface area contributed by atoms with Crippen molar-refractivity contribution < 1.29 is 4.42 Å². The van der Waals surface area contributed by atoms with Gasteiger partial charge >= 0.3 is 0 Å². The summed E-state index contributed by atoms with van der Waals surface area (Å²) in [7, 11) is 1.87. The smallest absolute Gasteiger partial charge is 0.181 e. The summed E-state index contributed by atoms with van der Waals surface area (Å²) >= 11 is 8.27. The molecule has 0 radical (unpaired) electrons. The summed E-state index contributed by atoms with van der Waals surface area (Å²) in [5, 5.41) is 3.78. The number of nitrogens with zero attached hydrogens (tertiary/aromatic N) is 1. The SMILES string of the molecule is CNCc1ncoc1-c1ccc(I)c(Cl)c1. The van der Waals surface area contributed by atoms with Gasteiger partial charge in [0.1, 0.15) is 5.69 Å². The summed E-state index contributed by atoms with van der Waals surface area (Å²) in [5.74, 6) is 0.771. The molecule has 1 heterocycles. The maximum atomic E-state index is 6.07. The van der Waals surface area contributed by atoms with Gasteiger partial charge in [-0.1, -0.05) is 17.7 Å². The summed E-state index contributed by atoms with van der Waals surface area (Å²) < 4.78 is 6.41. The average Bonchev–Trinajstić information content (AvgIpc) is 2.71. The fourth-order valence-corrected chi connectivity index (χ4v) is 1.95. The summed E-state index contributed by atoms with van der Waals surface area (Å²) in [6.07, 6.45) is 1.45. The number of aromatic nitrogens is 1. The Morgan fingerprint density at radius 3 is 3.00 bits per heavy atom.